The normalized spacial score (nSPS) is 13.5. The minimum absolute atomic E-state index is 0.200. The third kappa shape index (κ3) is 5.87. The molecule has 0 saturated carbocycles. The molecule has 0 saturated heterocycles. The Morgan fingerprint density at radius 3 is 2.32 bits per heavy atom. The molecule has 0 bridgehead atoms. The standard InChI is InChI=1S/C14H20F3NS/c1-2-3-4-9-19-10-13(18)11-5-7-12(8-6-11)14(15,16)17/h5-8,13H,2-4,9-10,18H2,1H3. The molecule has 0 radical (unpaired) electrons. The fraction of sp³-hybridized carbons (Fsp3) is 0.571. The minimum Gasteiger partial charge on any atom is -0.323 e. The maximum absolute atomic E-state index is 12.4. The Balaban J connectivity index is 2.42. The van der Waals surface area contributed by atoms with Gasteiger partial charge in [-0.1, -0.05) is 31.9 Å². The van der Waals surface area contributed by atoms with E-state index in [4.69, 9.17) is 5.73 Å². The Morgan fingerprint density at radius 1 is 1.16 bits per heavy atom. The molecule has 1 aromatic rings. The van der Waals surface area contributed by atoms with Crippen LogP contribution in [0.1, 0.15) is 43.4 Å². The summed E-state index contributed by atoms with van der Waals surface area (Å²) in [5, 5.41) is 0. The topological polar surface area (TPSA) is 26.0 Å². The van der Waals surface area contributed by atoms with Gasteiger partial charge in [0.15, 0.2) is 0 Å². The smallest absolute Gasteiger partial charge is 0.323 e. The summed E-state index contributed by atoms with van der Waals surface area (Å²) in [6.45, 7) is 2.15. The number of halogens is 3. The summed E-state index contributed by atoms with van der Waals surface area (Å²) < 4.78 is 37.2. The first-order chi connectivity index (χ1) is 8.95. The zero-order valence-electron chi connectivity index (χ0n) is 11.0. The van der Waals surface area contributed by atoms with Crippen LogP contribution in [0.4, 0.5) is 13.2 Å². The average molecular weight is 291 g/mol. The molecule has 0 spiro atoms. The molecule has 0 aromatic heterocycles. The van der Waals surface area contributed by atoms with Crippen LogP contribution in [0.3, 0.4) is 0 Å². The van der Waals surface area contributed by atoms with Gasteiger partial charge in [0, 0.05) is 11.8 Å². The summed E-state index contributed by atoms with van der Waals surface area (Å²) >= 11 is 1.76. The van der Waals surface area contributed by atoms with Gasteiger partial charge in [-0.05, 0) is 29.9 Å². The van der Waals surface area contributed by atoms with E-state index in [1.54, 1.807) is 11.8 Å². The van der Waals surface area contributed by atoms with Crippen LogP contribution in [0.15, 0.2) is 24.3 Å². The van der Waals surface area contributed by atoms with Crippen LogP contribution >= 0.6 is 11.8 Å². The van der Waals surface area contributed by atoms with Gasteiger partial charge in [-0.25, -0.2) is 0 Å². The third-order valence-corrected chi connectivity index (χ3v) is 4.03. The SMILES string of the molecule is CCCCCSCC(N)c1ccc(C(F)(F)F)cc1. The molecule has 0 fully saturated rings. The van der Waals surface area contributed by atoms with Gasteiger partial charge >= 0.3 is 6.18 Å². The largest absolute Gasteiger partial charge is 0.416 e. The Bertz CT molecular complexity index is 362. The maximum atomic E-state index is 12.4. The molecule has 0 heterocycles. The first kappa shape index (κ1) is 16.4. The fourth-order valence-corrected chi connectivity index (χ4v) is 2.70. The summed E-state index contributed by atoms with van der Waals surface area (Å²) in [5.74, 6) is 1.80. The van der Waals surface area contributed by atoms with Crippen LogP contribution in [-0.2, 0) is 6.18 Å². The number of hydrogen-bond acceptors (Lipinski definition) is 2. The van der Waals surface area contributed by atoms with Crippen LogP contribution in [0.25, 0.3) is 0 Å². The van der Waals surface area contributed by atoms with E-state index < -0.39 is 11.7 Å². The lowest BCUT2D eigenvalue weighted by atomic mass is 10.1. The van der Waals surface area contributed by atoms with Crippen molar-refractivity contribution in [3.8, 4) is 0 Å². The second-order valence-corrected chi connectivity index (χ2v) is 5.66. The van der Waals surface area contributed by atoms with Gasteiger partial charge in [0.05, 0.1) is 5.56 Å². The summed E-state index contributed by atoms with van der Waals surface area (Å²) in [5.41, 5.74) is 6.10. The number of hydrogen-bond donors (Lipinski definition) is 1. The number of thioether (sulfide) groups is 1. The molecule has 0 aliphatic rings. The number of benzene rings is 1. The molecular formula is C14H20F3NS. The predicted molar refractivity (Wildman–Crippen MR) is 75.2 cm³/mol. The van der Waals surface area contributed by atoms with Gasteiger partial charge < -0.3 is 5.73 Å². The van der Waals surface area contributed by atoms with Crippen molar-refractivity contribution in [2.45, 2.75) is 38.4 Å². The quantitative estimate of drug-likeness (QED) is 0.741. The Morgan fingerprint density at radius 2 is 1.79 bits per heavy atom. The van der Waals surface area contributed by atoms with Crippen molar-refractivity contribution >= 4 is 11.8 Å². The molecule has 1 nitrogen and oxygen atoms in total. The molecule has 2 N–H and O–H groups in total. The van der Waals surface area contributed by atoms with Gasteiger partial charge in [0.1, 0.15) is 0 Å². The molecule has 0 amide bonds. The highest BCUT2D eigenvalue weighted by atomic mass is 32.2. The highest BCUT2D eigenvalue weighted by molar-refractivity contribution is 7.99. The molecule has 0 aliphatic carbocycles. The summed E-state index contributed by atoms with van der Waals surface area (Å²) in [6, 6.07) is 4.93. The van der Waals surface area contributed by atoms with Gasteiger partial charge in [-0.3, -0.25) is 0 Å². The lowest BCUT2D eigenvalue weighted by Crippen LogP contribution is -2.14. The fourth-order valence-electron chi connectivity index (χ4n) is 1.68. The van der Waals surface area contributed by atoms with Crippen LogP contribution < -0.4 is 5.73 Å². The molecule has 5 heteroatoms. The van der Waals surface area contributed by atoms with E-state index in [9.17, 15) is 13.2 Å². The molecule has 1 unspecified atom stereocenters. The van der Waals surface area contributed by atoms with Crippen LogP contribution in [0, 0.1) is 0 Å². The first-order valence-corrected chi connectivity index (χ1v) is 7.61. The van der Waals surface area contributed by atoms with Gasteiger partial charge in [-0.15, -0.1) is 0 Å². The molecule has 0 aliphatic heterocycles. The van der Waals surface area contributed by atoms with E-state index in [2.05, 4.69) is 6.92 Å². The van der Waals surface area contributed by atoms with E-state index in [1.165, 1.54) is 31.4 Å². The van der Waals surface area contributed by atoms with Crippen molar-refractivity contribution in [3.05, 3.63) is 35.4 Å². The van der Waals surface area contributed by atoms with E-state index in [-0.39, 0.29) is 6.04 Å². The Hall–Kier alpha value is -0.680. The predicted octanol–water partition coefficient (Wildman–Crippen LogP) is 4.63. The van der Waals surface area contributed by atoms with Crippen molar-refractivity contribution < 1.29 is 13.2 Å². The highest BCUT2D eigenvalue weighted by Gasteiger charge is 2.30. The van der Waals surface area contributed by atoms with Crippen molar-refractivity contribution in [2.75, 3.05) is 11.5 Å². The molecule has 1 aromatic carbocycles. The van der Waals surface area contributed by atoms with Gasteiger partial charge in [-0.2, -0.15) is 24.9 Å². The Kier molecular flexibility index (Phi) is 6.72. The second-order valence-electron chi connectivity index (χ2n) is 4.51. The van der Waals surface area contributed by atoms with Crippen LogP contribution in [0.2, 0.25) is 0 Å². The molecular weight excluding hydrogens is 271 g/mol. The molecule has 1 atom stereocenters. The third-order valence-electron chi connectivity index (χ3n) is 2.86. The Labute approximate surface area is 116 Å². The van der Waals surface area contributed by atoms with Crippen molar-refractivity contribution in [3.63, 3.8) is 0 Å². The molecule has 19 heavy (non-hydrogen) atoms. The zero-order valence-corrected chi connectivity index (χ0v) is 11.9. The summed E-state index contributed by atoms with van der Waals surface area (Å²) in [7, 11) is 0. The number of rotatable bonds is 7. The second kappa shape index (κ2) is 7.80. The van der Waals surface area contributed by atoms with Crippen molar-refractivity contribution in [1.29, 1.82) is 0 Å². The van der Waals surface area contributed by atoms with Crippen LogP contribution in [-0.4, -0.2) is 11.5 Å². The number of alkyl halides is 3. The first-order valence-electron chi connectivity index (χ1n) is 6.45. The number of unbranched alkanes of at least 4 members (excludes halogenated alkanes) is 2. The van der Waals surface area contributed by atoms with E-state index >= 15 is 0 Å². The zero-order chi connectivity index (χ0) is 14.3. The van der Waals surface area contributed by atoms with E-state index in [0.29, 0.717) is 0 Å². The van der Waals surface area contributed by atoms with Gasteiger partial charge in [0.2, 0.25) is 0 Å². The van der Waals surface area contributed by atoms with Crippen molar-refractivity contribution in [1.82, 2.24) is 0 Å². The minimum atomic E-state index is -4.28. The monoisotopic (exact) mass is 291 g/mol. The van der Waals surface area contributed by atoms with E-state index in [1.807, 2.05) is 0 Å². The van der Waals surface area contributed by atoms with E-state index in [0.717, 1.165) is 29.2 Å². The number of nitrogens with two attached hydrogens (primary N) is 1. The lowest BCUT2D eigenvalue weighted by Gasteiger charge is -2.13. The molecule has 108 valence electrons. The lowest BCUT2D eigenvalue weighted by molar-refractivity contribution is -0.137. The summed E-state index contributed by atoms with van der Waals surface area (Å²) in [4.78, 5) is 0. The maximum Gasteiger partial charge on any atom is 0.416 e. The summed E-state index contributed by atoms with van der Waals surface area (Å²) in [6.07, 6.45) is -0.716. The van der Waals surface area contributed by atoms with Gasteiger partial charge in [0.25, 0.3) is 0 Å². The highest BCUT2D eigenvalue weighted by Crippen LogP contribution is 2.30. The van der Waals surface area contributed by atoms with Crippen molar-refractivity contribution in [2.24, 2.45) is 5.73 Å². The average Bonchev–Trinajstić information content (AvgIpc) is 2.37. The van der Waals surface area contributed by atoms with Crippen LogP contribution in [0.5, 0.6) is 0 Å². The molecule has 1 rings (SSSR count).